The molecule has 1 rings (SSSR count). The van der Waals surface area contributed by atoms with Crippen LogP contribution >= 0.6 is 0 Å². The summed E-state index contributed by atoms with van der Waals surface area (Å²) >= 11 is 0. The number of carbonyl (C=O) groups is 4. The summed E-state index contributed by atoms with van der Waals surface area (Å²) in [6.07, 6.45) is 0.902. The molecule has 0 aliphatic carbocycles. The Morgan fingerprint density at radius 2 is 1.44 bits per heavy atom. The van der Waals surface area contributed by atoms with Gasteiger partial charge in [0.15, 0.2) is 11.5 Å². The maximum atomic E-state index is 12.7. The summed E-state index contributed by atoms with van der Waals surface area (Å²) in [5.41, 5.74) is 5.50. The van der Waals surface area contributed by atoms with Crippen LogP contribution in [-0.2, 0) is 35.1 Å². The lowest BCUT2D eigenvalue weighted by Gasteiger charge is -2.30. The molecule has 0 radical (unpaired) electrons. The minimum atomic E-state index is -1.53. The second-order valence-corrected chi connectivity index (χ2v) is 9.90. The van der Waals surface area contributed by atoms with Gasteiger partial charge in [0.2, 0.25) is 0 Å². The van der Waals surface area contributed by atoms with E-state index in [1.807, 2.05) is 6.92 Å². The van der Waals surface area contributed by atoms with E-state index in [1.165, 1.54) is 19.2 Å². The van der Waals surface area contributed by atoms with Crippen LogP contribution in [0.25, 0.3) is 0 Å². The fourth-order valence-electron chi connectivity index (χ4n) is 3.49. The maximum absolute atomic E-state index is 12.7. The third-order valence-electron chi connectivity index (χ3n) is 5.58. The molecule has 0 saturated heterocycles. The van der Waals surface area contributed by atoms with Crippen molar-refractivity contribution in [1.29, 1.82) is 0 Å². The van der Waals surface area contributed by atoms with Crippen molar-refractivity contribution in [3.05, 3.63) is 23.8 Å². The number of nitrogens with two attached hydrogens (primary N) is 1. The van der Waals surface area contributed by atoms with Crippen molar-refractivity contribution in [2.24, 2.45) is 23.5 Å². The SMILES string of the molecule is CCCC(C)C(=O)O[C@@H](C)CC(N)(Cc1ccc(OC(=O)C(C)C)c(OC(=O)C(C)C)c1)C(=O)OC. The van der Waals surface area contributed by atoms with E-state index in [1.54, 1.807) is 47.6 Å². The topological polar surface area (TPSA) is 131 Å². The second-order valence-electron chi connectivity index (χ2n) is 9.90. The highest BCUT2D eigenvalue weighted by molar-refractivity contribution is 5.81. The Morgan fingerprint density at radius 1 is 0.889 bits per heavy atom. The van der Waals surface area contributed by atoms with Gasteiger partial charge in [0, 0.05) is 12.8 Å². The van der Waals surface area contributed by atoms with Gasteiger partial charge in [-0.25, -0.2) is 0 Å². The van der Waals surface area contributed by atoms with Gasteiger partial charge in [0.05, 0.1) is 24.9 Å². The number of hydrogen-bond acceptors (Lipinski definition) is 9. The van der Waals surface area contributed by atoms with Crippen LogP contribution in [0.15, 0.2) is 18.2 Å². The molecular weight excluding hydrogens is 466 g/mol. The van der Waals surface area contributed by atoms with Crippen molar-refractivity contribution >= 4 is 23.9 Å². The first-order valence-corrected chi connectivity index (χ1v) is 12.4. The van der Waals surface area contributed by atoms with Gasteiger partial charge in [-0.1, -0.05) is 54.0 Å². The van der Waals surface area contributed by atoms with E-state index in [2.05, 4.69) is 0 Å². The predicted molar refractivity (Wildman–Crippen MR) is 134 cm³/mol. The van der Waals surface area contributed by atoms with Crippen molar-refractivity contribution in [2.45, 2.75) is 85.8 Å². The fourth-order valence-corrected chi connectivity index (χ4v) is 3.49. The lowest BCUT2D eigenvalue weighted by atomic mass is 9.86. The van der Waals surface area contributed by atoms with E-state index in [0.29, 0.717) is 12.0 Å². The van der Waals surface area contributed by atoms with Gasteiger partial charge in [-0.15, -0.1) is 0 Å². The number of benzene rings is 1. The molecule has 3 atom stereocenters. The lowest BCUT2D eigenvalue weighted by molar-refractivity contribution is -0.157. The molecule has 202 valence electrons. The molecule has 0 bridgehead atoms. The largest absolute Gasteiger partial charge is 0.468 e. The highest BCUT2D eigenvalue weighted by Gasteiger charge is 2.38. The number of carbonyl (C=O) groups excluding carboxylic acids is 4. The quantitative estimate of drug-likeness (QED) is 0.311. The van der Waals surface area contributed by atoms with Crippen molar-refractivity contribution in [3.63, 3.8) is 0 Å². The smallest absolute Gasteiger partial charge is 0.326 e. The molecule has 2 N–H and O–H groups in total. The first-order valence-electron chi connectivity index (χ1n) is 12.4. The molecule has 0 saturated carbocycles. The van der Waals surface area contributed by atoms with Crippen molar-refractivity contribution in [2.75, 3.05) is 7.11 Å². The van der Waals surface area contributed by atoms with Gasteiger partial charge < -0.3 is 24.7 Å². The van der Waals surface area contributed by atoms with Gasteiger partial charge in [0.25, 0.3) is 0 Å². The predicted octanol–water partition coefficient (Wildman–Crippen LogP) is 3.98. The number of ether oxygens (including phenoxy) is 4. The summed E-state index contributed by atoms with van der Waals surface area (Å²) < 4.78 is 21.3. The Morgan fingerprint density at radius 3 is 1.94 bits per heavy atom. The molecule has 2 unspecified atom stereocenters. The van der Waals surface area contributed by atoms with E-state index in [-0.39, 0.29) is 36.2 Å². The van der Waals surface area contributed by atoms with Crippen LogP contribution in [0.3, 0.4) is 0 Å². The summed E-state index contributed by atoms with van der Waals surface area (Å²) in [7, 11) is 1.23. The summed E-state index contributed by atoms with van der Waals surface area (Å²) in [6, 6.07) is 4.63. The summed E-state index contributed by atoms with van der Waals surface area (Å²) in [5, 5.41) is 0. The lowest BCUT2D eigenvalue weighted by Crippen LogP contribution is -2.53. The standard InChI is InChI=1S/C27H41NO8/c1-9-10-18(6)25(31)34-19(7)14-27(28,26(32)33-8)15-20-11-12-21(35-23(29)16(2)3)22(13-20)36-24(30)17(4)5/h11-13,16-19H,9-10,14-15,28H2,1-8H3/t18?,19-,27?/m0/s1. The molecule has 0 aromatic heterocycles. The molecule has 0 spiro atoms. The zero-order valence-corrected chi connectivity index (χ0v) is 22.7. The average Bonchev–Trinajstić information content (AvgIpc) is 2.79. The summed E-state index contributed by atoms with van der Waals surface area (Å²) in [4.78, 5) is 49.4. The van der Waals surface area contributed by atoms with Crippen molar-refractivity contribution in [3.8, 4) is 11.5 Å². The highest BCUT2D eigenvalue weighted by Crippen LogP contribution is 2.32. The molecule has 0 amide bonds. The summed E-state index contributed by atoms with van der Waals surface area (Å²) in [6.45, 7) is 12.2. The zero-order chi connectivity index (χ0) is 27.6. The minimum absolute atomic E-state index is 0.00326. The number of hydrogen-bond donors (Lipinski definition) is 1. The fraction of sp³-hybridized carbons (Fsp3) is 0.630. The van der Waals surface area contributed by atoms with Crippen LogP contribution in [-0.4, -0.2) is 42.6 Å². The van der Waals surface area contributed by atoms with Crippen LogP contribution < -0.4 is 15.2 Å². The van der Waals surface area contributed by atoms with E-state index < -0.39 is 41.4 Å². The third-order valence-corrected chi connectivity index (χ3v) is 5.58. The van der Waals surface area contributed by atoms with Crippen LogP contribution in [0, 0.1) is 17.8 Å². The Balaban J connectivity index is 3.24. The first kappa shape index (κ1) is 31.1. The maximum Gasteiger partial charge on any atom is 0.326 e. The van der Waals surface area contributed by atoms with E-state index in [9.17, 15) is 19.2 Å². The van der Waals surface area contributed by atoms with Gasteiger partial charge in [0.1, 0.15) is 11.6 Å². The van der Waals surface area contributed by atoms with E-state index in [0.717, 1.165) is 6.42 Å². The normalized spacial score (nSPS) is 14.5. The van der Waals surface area contributed by atoms with E-state index in [4.69, 9.17) is 24.7 Å². The van der Waals surface area contributed by atoms with Crippen molar-refractivity contribution in [1.82, 2.24) is 0 Å². The van der Waals surface area contributed by atoms with Gasteiger partial charge in [-0.05, 0) is 31.0 Å². The number of esters is 4. The first-order chi connectivity index (χ1) is 16.7. The molecule has 0 aliphatic heterocycles. The monoisotopic (exact) mass is 507 g/mol. The number of rotatable bonds is 13. The molecule has 1 aromatic carbocycles. The molecule has 9 nitrogen and oxygen atoms in total. The van der Waals surface area contributed by atoms with Gasteiger partial charge >= 0.3 is 23.9 Å². The van der Waals surface area contributed by atoms with Crippen LogP contribution in [0.4, 0.5) is 0 Å². The Hall–Kier alpha value is -2.94. The molecule has 1 aromatic rings. The molecule has 9 heteroatoms. The van der Waals surface area contributed by atoms with Crippen LogP contribution in [0.1, 0.15) is 73.3 Å². The third kappa shape index (κ3) is 9.26. The van der Waals surface area contributed by atoms with Crippen molar-refractivity contribution < 1.29 is 38.1 Å². The van der Waals surface area contributed by atoms with Crippen LogP contribution in [0.5, 0.6) is 11.5 Å². The molecule has 0 aliphatic rings. The number of methoxy groups -OCH3 is 1. The molecule has 0 heterocycles. The molecule has 36 heavy (non-hydrogen) atoms. The molecule has 0 fully saturated rings. The van der Waals surface area contributed by atoms with Gasteiger partial charge in [-0.2, -0.15) is 0 Å². The Bertz CT molecular complexity index is 926. The average molecular weight is 508 g/mol. The second kappa shape index (κ2) is 14.0. The van der Waals surface area contributed by atoms with E-state index >= 15 is 0 Å². The molecular formula is C27H41NO8. The Kier molecular flexibility index (Phi) is 12.1. The zero-order valence-electron chi connectivity index (χ0n) is 22.7. The minimum Gasteiger partial charge on any atom is -0.468 e. The van der Waals surface area contributed by atoms with Gasteiger partial charge in [-0.3, -0.25) is 19.2 Å². The Labute approximate surface area is 214 Å². The highest BCUT2D eigenvalue weighted by atomic mass is 16.6. The van der Waals surface area contributed by atoms with Crippen LogP contribution in [0.2, 0.25) is 0 Å². The summed E-state index contributed by atoms with van der Waals surface area (Å²) in [5.74, 6) is -2.97.